The number of allylic oxidation sites excluding steroid dienone is 3. The van der Waals surface area contributed by atoms with E-state index in [0.717, 1.165) is 31.6 Å². The summed E-state index contributed by atoms with van der Waals surface area (Å²) in [5, 5.41) is 27.4. The van der Waals surface area contributed by atoms with Crippen molar-refractivity contribution >= 4 is 5.97 Å². The minimum absolute atomic E-state index is 0.0997. The SMILES string of the molecule is C=C[C@@H](CC=C[C@H]1CCC[C@@H]1CCCCCC(O)(O)C(=O)O)CCCCCC. The number of hydrogen-bond donors (Lipinski definition) is 3. The van der Waals surface area contributed by atoms with Gasteiger partial charge in [-0.15, -0.1) is 6.58 Å². The number of unbranched alkanes of at least 4 members (excludes halogenated alkanes) is 5. The van der Waals surface area contributed by atoms with Crippen LogP contribution in [0.25, 0.3) is 0 Å². The van der Waals surface area contributed by atoms with Gasteiger partial charge in [0.2, 0.25) is 0 Å². The lowest BCUT2D eigenvalue weighted by Crippen LogP contribution is -2.37. The van der Waals surface area contributed by atoms with Crippen LogP contribution < -0.4 is 0 Å². The van der Waals surface area contributed by atoms with Gasteiger partial charge in [0.1, 0.15) is 0 Å². The lowest BCUT2D eigenvalue weighted by molar-refractivity contribution is -0.205. The van der Waals surface area contributed by atoms with Gasteiger partial charge in [0.15, 0.2) is 0 Å². The van der Waals surface area contributed by atoms with Crippen LogP contribution >= 0.6 is 0 Å². The standard InChI is InChI=1S/C24H42O4/c1-3-5-6-8-13-20(4-2)14-11-16-22-18-12-17-21(22)15-9-7-10-19-24(27,28)23(25)26/h4,11,16,20-22,27-28H,2-3,5-10,12-15,17-19H2,1H3,(H,25,26)/t20-,21+,22+/m1/s1. The third-order valence-electron chi connectivity index (χ3n) is 6.24. The Kier molecular flexibility index (Phi) is 12.4. The van der Waals surface area contributed by atoms with Crippen molar-refractivity contribution in [1.82, 2.24) is 0 Å². The first kappa shape index (κ1) is 24.9. The molecule has 0 aromatic rings. The molecule has 3 N–H and O–H groups in total. The molecule has 0 bridgehead atoms. The third kappa shape index (κ3) is 9.88. The second kappa shape index (κ2) is 13.9. The summed E-state index contributed by atoms with van der Waals surface area (Å²) in [6.45, 7) is 6.25. The first-order valence-electron chi connectivity index (χ1n) is 11.4. The lowest BCUT2D eigenvalue weighted by atomic mass is 9.89. The molecule has 1 rings (SSSR count). The van der Waals surface area contributed by atoms with E-state index in [2.05, 4.69) is 31.7 Å². The largest absolute Gasteiger partial charge is 0.477 e. The van der Waals surface area contributed by atoms with Gasteiger partial charge in [-0.1, -0.05) is 70.1 Å². The Morgan fingerprint density at radius 3 is 2.57 bits per heavy atom. The van der Waals surface area contributed by atoms with E-state index in [1.165, 1.54) is 51.4 Å². The Bertz CT molecular complexity index is 469. The van der Waals surface area contributed by atoms with Gasteiger partial charge in [-0.2, -0.15) is 0 Å². The van der Waals surface area contributed by atoms with Gasteiger partial charge in [-0.3, -0.25) is 0 Å². The molecule has 0 amide bonds. The highest BCUT2D eigenvalue weighted by atomic mass is 16.5. The van der Waals surface area contributed by atoms with Crippen molar-refractivity contribution in [1.29, 1.82) is 0 Å². The number of carboxylic acids is 1. The second-order valence-corrected chi connectivity index (χ2v) is 8.58. The molecule has 3 atom stereocenters. The van der Waals surface area contributed by atoms with Crippen molar-refractivity contribution in [3.63, 3.8) is 0 Å². The van der Waals surface area contributed by atoms with Gasteiger partial charge in [-0.25, -0.2) is 4.79 Å². The quantitative estimate of drug-likeness (QED) is 0.175. The number of carboxylic acid groups (broad SMARTS) is 1. The van der Waals surface area contributed by atoms with Crippen LogP contribution in [0, 0.1) is 17.8 Å². The molecular weight excluding hydrogens is 352 g/mol. The van der Waals surface area contributed by atoms with E-state index in [9.17, 15) is 15.0 Å². The van der Waals surface area contributed by atoms with Crippen LogP contribution in [0.1, 0.15) is 96.8 Å². The fourth-order valence-electron chi connectivity index (χ4n) is 4.33. The summed E-state index contributed by atoms with van der Waals surface area (Å²) in [6.07, 6.45) is 21.8. The Hall–Kier alpha value is -1.13. The predicted octanol–water partition coefficient (Wildman–Crippen LogP) is 5.84. The second-order valence-electron chi connectivity index (χ2n) is 8.58. The fraction of sp³-hybridized carbons (Fsp3) is 0.792. The van der Waals surface area contributed by atoms with Gasteiger partial charge in [0, 0.05) is 6.42 Å². The molecule has 0 spiro atoms. The van der Waals surface area contributed by atoms with Crippen molar-refractivity contribution in [3.05, 3.63) is 24.8 Å². The van der Waals surface area contributed by atoms with Gasteiger partial charge >= 0.3 is 5.97 Å². The highest BCUT2D eigenvalue weighted by Gasteiger charge is 2.32. The predicted molar refractivity (Wildman–Crippen MR) is 115 cm³/mol. The summed E-state index contributed by atoms with van der Waals surface area (Å²) in [7, 11) is 0. The Labute approximate surface area is 171 Å². The molecular formula is C24H42O4. The summed E-state index contributed by atoms with van der Waals surface area (Å²) < 4.78 is 0. The van der Waals surface area contributed by atoms with E-state index in [0.29, 0.717) is 18.3 Å². The van der Waals surface area contributed by atoms with E-state index >= 15 is 0 Å². The topological polar surface area (TPSA) is 77.8 Å². The van der Waals surface area contributed by atoms with Crippen molar-refractivity contribution in [3.8, 4) is 0 Å². The van der Waals surface area contributed by atoms with Crippen molar-refractivity contribution in [2.45, 2.75) is 103 Å². The summed E-state index contributed by atoms with van der Waals surface area (Å²) in [5.41, 5.74) is 0. The summed E-state index contributed by atoms with van der Waals surface area (Å²) in [6, 6.07) is 0. The van der Waals surface area contributed by atoms with Crippen LogP contribution in [0.4, 0.5) is 0 Å². The molecule has 0 aliphatic heterocycles. The van der Waals surface area contributed by atoms with E-state index in [-0.39, 0.29) is 6.42 Å². The maximum atomic E-state index is 10.7. The highest BCUT2D eigenvalue weighted by Crippen LogP contribution is 2.36. The molecule has 4 nitrogen and oxygen atoms in total. The number of hydrogen-bond acceptors (Lipinski definition) is 3. The van der Waals surface area contributed by atoms with Crippen LogP contribution in [-0.2, 0) is 4.79 Å². The zero-order valence-corrected chi connectivity index (χ0v) is 17.8. The highest BCUT2D eigenvalue weighted by molar-refractivity contribution is 5.74. The van der Waals surface area contributed by atoms with Gasteiger partial charge in [0.05, 0.1) is 0 Å². The molecule has 0 unspecified atom stereocenters. The first-order valence-corrected chi connectivity index (χ1v) is 11.4. The van der Waals surface area contributed by atoms with E-state index in [1.54, 1.807) is 0 Å². The normalized spacial score (nSPS) is 21.2. The van der Waals surface area contributed by atoms with E-state index in [1.807, 2.05) is 0 Å². The number of rotatable bonds is 16. The first-order chi connectivity index (χ1) is 13.4. The molecule has 0 aromatic heterocycles. The molecule has 1 aliphatic carbocycles. The van der Waals surface area contributed by atoms with E-state index in [4.69, 9.17) is 5.11 Å². The molecule has 0 aromatic carbocycles. The summed E-state index contributed by atoms with van der Waals surface area (Å²) in [5.74, 6) is -2.15. The Balaban J connectivity index is 2.25. The third-order valence-corrected chi connectivity index (χ3v) is 6.24. The molecule has 1 saturated carbocycles. The van der Waals surface area contributed by atoms with Crippen molar-refractivity contribution in [2.75, 3.05) is 0 Å². The van der Waals surface area contributed by atoms with Gasteiger partial charge < -0.3 is 15.3 Å². The number of carbonyl (C=O) groups is 1. The average molecular weight is 395 g/mol. The number of aliphatic carboxylic acids is 1. The Morgan fingerprint density at radius 2 is 1.89 bits per heavy atom. The minimum atomic E-state index is -2.57. The maximum Gasteiger partial charge on any atom is 0.364 e. The zero-order chi connectivity index (χ0) is 20.8. The van der Waals surface area contributed by atoms with Crippen LogP contribution in [-0.4, -0.2) is 27.1 Å². The van der Waals surface area contributed by atoms with Crippen LogP contribution in [0.15, 0.2) is 24.8 Å². The van der Waals surface area contributed by atoms with Crippen molar-refractivity contribution < 1.29 is 20.1 Å². The molecule has 162 valence electrons. The van der Waals surface area contributed by atoms with Crippen LogP contribution in [0.5, 0.6) is 0 Å². The average Bonchev–Trinajstić information content (AvgIpc) is 3.10. The molecule has 1 aliphatic rings. The molecule has 0 saturated heterocycles. The number of aliphatic hydroxyl groups is 2. The Morgan fingerprint density at radius 1 is 1.14 bits per heavy atom. The monoisotopic (exact) mass is 394 g/mol. The summed E-state index contributed by atoms with van der Waals surface area (Å²) >= 11 is 0. The maximum absolute atomic E-state index is 10.7. The molecule has 28 heavy (non-hydrogen) atoms. The van der Waals surface area contributed by atoms with Gasteiger partial charge in [-0.05, 0) is 56.3 Å². The fourth-order valence-corrected chi connectivity index (χ4v) is 4.33. The lowest BCUT2D eigenvalue weighted by Gasteiger charge is -2.18. The minimum Gasteiger partial charge on any atom is -0.477 e. The molecule has 0 heterocycles. The van der Waals surface area contributed by atoms with Gasteiger partial charge in [0.25, 0.3) is 5.79 Å². The van der Waals surface area contributed by atoms with Crippen molar-refractivity contribution in [2.24, 2.45) is 17.8 Å². The van der Waals surface area contributed by atoms with Crippen LogP contribution in [0.3, 0.4) is 0 Å². The zero-order valence-electron chi connectivity index (χ0n) is 17.8. The molecule has 1 fully saturated rings. The van der Waals surface area contributed by atoms with Crippen LogP contribution in [0.2, 0.25) is 0 Å². The van der Waals surface area contributed by atoms with E-state index < -0.39 is 11.8 Å². The smallest absolute Gasteiger partial charge is 0.364 e. The summed E-state index contributed by atoms with van der Waals surface area (Å²) in [4.78, 5) is 10.7. The molecule has 0 radical (unpaired) electrons. The molecule has 4 heteroatoms.